The SMILES string of the molecule is COC1=CC(=O)N([C@H](CO)c2ccccc2)[C@H]1CC(C)C. The smallest absolute Gasteiger partial charge is 0.251 e. The molecule has 0 aromatic heterocycles. The van der Waals surface area contributed by atoms with E-state index in [2.05, 4.69) is 13.8 Å². The molecule has 4 heteroatoms. The van der Waals surface area contributed by atoms with Crippen LogP contribution in [-0.2, 0) is 9.53 Å². The van der Waals surface area contributed by atoms with Crippen LogP contribution in [0.25, 0.3) is 0 Å². The molecular formula is C17H23NO3. The fraction of sp³-hybridized carbons (Fsp3) is 0.471. The highest BCUT2D eigenvalue weighted by atomic mass is 16.5. The third-order valence-electron chi connectivity index (χ3n) is 3.81. The van der Waals surface area contributed by atoms with E-state index in [0.29, 0.717) is 11.7 Å². The molecular weight excluding hydrogens is 266 g/mol. The Kier molecular flexibility index (Phi) is 5.02. The van der Waals surface area contributed by atoms with E-state index in [9.17, 15) is 9.90 Å². The third-order valence-corrected chi connectivity index (χ3v) is 3.81. The lowest BCUT2D eigenvalue weighted by Gasteiger charge is -2.34. The molecule has 0 fully saturated rings. The number of carbonyl (C=O) groups excluding carboxylic acids is 1. The molecule has 0 unspecified atom stereocenters. The number of carbonyl (C=O) groups is 1. The Bertz CT molecular complexity index is 510. The van der Waals surface area contributed by atoms with Gasteiger partial charge in [-0.05, 0) is 17.9 Å². The number of aliphatic hydroxyl groups excluding tert-OH is 1. The first-order chi connectivity index (χ1) is 10.1. The number of hydrogen-bond acceptors (Lipinski definition) is 3. The summed E-state index contributed by atoms with van der Waals surface area (Å²) in [6.07, 6.45) is 2.35. The van der Waals surface area contributed by atoms with Gasteiger partial charge in [-0.25, -0.2) is 0 Å². The van der Waals surface area contributed by atoms with Crippen LogP contribution in [0, 0.1) is 5.92 Å². The van der Waals surface area contributed by atoms with E-state index in [1.807, 2.05) is 30.3 Å². The summed E-state index contributed by atoms with van der Waals surface area (Å²) in [4.78, 5) is 14.1. The van der Waals surface area contributed by atoms with E-state index in [1.165, 1.54) is 0 Å². The average Bonchev–Trinajstić information content (AvgIpc) is 2.77. The Morgan fingerprint density at radius 1 is 1.29 bits per heavy atom. The minimum Gasteiger partial charge on any atom is -0.499 e. The highest BCUT2D eigenvalue weighted by Gasteiger charge is 2.38. The van der Waals surface area contributed by atoms with Gasteiger partial charge in [0.15, 0.2) is 0 Å². The Morgan fingerprint density at radius 2 is 1.95 bits per heavy atom. The van der Waals surface area contributed by atoms with Crippen LogP contribution in [0.5, 0.6) is 0 Å². The van der Waals surface area contributed by atoms with Gasteiger partial charge in [-0.3, -0.25) is 4.79 Å². The third kappa shape index (κ3) is 3.27. The second-order valence-corrected chi connectivity index (χ2v) is 5.75. The second-order valence-electron chi connectivity index (χ2n) is 5.75. The maximum absolute atomic E-state index is 12.4. The molecule has 114 valence electrons. The van der Waals surface area contributed by atoms with Crippen LogP contribution in [0.3, 0.4) is 0 Å². The molecule has 2 rings (SSSR count). The number of rotatable bonds is 6. The van der Waals surface area contributed by atoms with Crippen LogP contribution >= 0.6 is 0 Å². The minimum atomic E-state index is -0.341. The van der Waals surface area contributed by atoms with Crippen molar-refractivity contribution in [2.45, 2.75) is 32.4 Å². The summed E-state index contributed by atoms with van der Waals surface area (Å²) in [6.45, 7) is 4.13. The fourth-order valence-electron chi connectivity index (χ4n) is 2.85. The molecule has 21 heavy (non-hydrogen) atoms. The first-order valence-electron chi connectivity index (χ1n) is 7.32. The van der Waals surface area contributed by atoms with Crippen molar-refractivity contribution >= 4 is 5.91 Å². The molecule has 1 N–H and O–H groups in total. The van der Waals surface area contributed by atoms with Crippen LogP contribution < -0.4 is 0 Å². The van der Waals surface area contributed by atoms with Gasteiger partial charge in [-0.2, -0.15) is 0 Å². The van der Waals surface area contributed by atoms with Crippen molar-refractivity contribution in [3.05, 3.63) is 47.7 Å². The molecule has 1 amide bonds. The van der Waals surface area contributed by atoms with Gasteiger partial charge in [0.25, 0.3) is 5.91 Å². The van der Waals surface area contributed by atoms with Crippen molar-refractivity contribution in [2.24, 2.45) is 5.92 Å². The maximum atomic E-state index is 12.4. The zero-order chi connectivity index (χ0) is 15.4. The van der Waals surface area contributed by atoms with Gasteiger partial charge in [0.2, 0.25) is 0 Å². The normalized spacial score (nSPS) is 19.9. The Labute approximate surface area is 126 Å². The van der Waals surface area contributed by atoms with Crippen LogP contribution in [0.1, 0.15) is 31.9 Å². The van der Waals surface area contributed by atoms with Gasteiger partial charge in [-0.1, -0.05) is 44.2 Å². The first-order valence-corrected chi connectivity index (χ1v) is 7.32. The first kappa shape index (κ1) is 15.6. The highest BCUT2D eigenvalue weighted by molar-refractivity contribution is 5.91. The van der Waals surface area contributed by atoms with Gasteiger partial charge in [0, 0.05) is 6.08 Å². The van der Waals surface area contributed by atoms with Crippen LogP contribution in [0.15, 0.2) is 42.2 Å². The molecule has 1 aromatic rings. The fourth-order valence-corrected chi connectivity index (χ4v) is 2.85. The van der Waals surface area contributed by atoms with Crippen molar-refractivity contribution in [2.75, 3.05) is 13.7 Å². The monoisotopic (exact) mass is 289 g/mol. The molecule has 1 aliphatic rings. The number of ether oxygens (including phenoxy) is 1. The summed E-state index contributed by atoms with van der Waals surface area (Å²) < 4.78 is 5.37. The number of methoxy groups -OCH3 is 1. The van der Waals surface area contributed by atoms with Gasteiger partial charge in [-0.15, -0.1) is 0 Å². The zero-order valence-corrected chi connectivity index (χ0v) is 12.8. The molecule has 0 saturated heterocycles. The largest absolute Gasteiger partial charge is 0.499 e. The molecule has 0 saturated carbocycles. The molecule has 1 aliphatic heterocycles. The predicted molar refractivity (Wildman–Crippen MR) is 81.4 cm³/mol. The van der Waals surface area contributed by atoms with Crippen LogP contribution in [0.2, 0.25) is 0 Å². The second kappa shape index (κ2) is 6.76. The van der Waals surface area contributed by atoms with Crippen molar-refractivity contribution < 1.29 is 14.6 Å². The van der Waals surface area contributed by atoms with Crippen LogP contribution in [0.4, 0.5) is 0 Å². The molecule has 2 atom stereocenters. The summed E-state index contributed by atoms with van der Waals surface area (Å²) in [7, 11) is 1.59. The Hall–Kier alpha value is -1.81. The molecule has 0 bridgehead atoms. The van der Waals surface area contributed by atoms with Gasteiger partial charge >= 0.3 is 0 Å². The van der Waals surface area contributed by atoms with Gasteiger partial charge in [0.1, 0.15) is 5.76 Å². The summed E-state index contributed by atoms with van der Waals surface area (Å²) in [6, 6.07) is 9.18. The van der Waals surface area contributed by atoms with E-state index in [0.717, 1.165) is 12.0 Å². The number of nitrogens with zero attached hydrogens (tertiary/aromatic N) is 1. The minimum absolute atomic E-state index is 0.0968. The van der Waals surface area contributed by atoms with Crippen LogP contribution in [-0.4, -0.2) is 35.7 Å². The maximum Gasteiger partial charge on any atom is 0.251 e. The number of aliphatic hydroxyl groups is 1. The van der Waals surface area contributed by atoms with E-state index in [1.54, 1.807) is 18.1 Å². The topological polar surface area (TPSA) is 49.8 Å². The lowest BCUT2D eigenvalue weighted by Crippen LogP contribution is -2.41. The summed E-state index contributed by atoms with van der Waals surface area (Å²) in [5, 5.41) is 9.81. The van der Waals surface area contributed by atoms with Crippen molar-refractivity contribution in [3.63, 3.8) is 0 Å². The summed E-state index contributed by atoms with van der Waals surface area (Å²) in [5.41, 5.74) is 0.938. The summed E-state index contributed by atoms with van der Waals surface area (Å²) >= 11 is 0. The summed E-state index contributed by atoms with van der Waals surface area (Å²) in [5.74, 6) is 1.01. The van der Waals surface area contributed by atoms with Crippen molar-refractivity contribution in [1.29, 1.82) is 0 Å². The number of hydrogen-bond donors (Lipinski definition) is 1. The van der Waals surface area contributed by atoms with E-state index in [4.69, 9.17) is 4.74 Å². The standard InChI is InChI=1S/C17H23NO3/c1-12(2)9-14-16(21-3)10-17(20)18(14)15(11-19)13-7-5-4-6-8-13/h4-8,10,12,14-15,19H,9,11H2,1-3H3/t14-,15+/m0/s1. The van der Waals surface area contributed by atoms with E-state index in [-0.39, 0.29) is 24.6 Å². The zero-order valence-electron chi connectivity index (χ0n) is 12.8. The lowest BCUT2D eigenvalue weighted by molar-refractivity contribution is -0.130. The average molecular weight is 289 g/mol. The lowest BCUT2D eigenvalue weighted by atomic mass is 9.99. The molecule has 1 aromatic carbocycles. The Balaban J connectivity index is 2.32. The van der Waals surface area contributed by atoms with Gasteiger partial charge in [0.05, 0.1) is 25.8 Å². The van der Waals surface area contributed by atoms with E-state index < -0.39 is 0 Å². The highest BCUT2D eigenvalue weighted by Crippen LogP contribution is 2.33. The predicted octanol–water partition coefficient (Wildman–Crippen LogP) is 2.51. The number of benzene rings is 1. The Morgan fingerprint density at radius 3 is 2.48 bits per heavy atom. The van der Waals surface area contributed by atoms with E-state index >= 15 is 0 Å². The van der Waals surface area contributed by atoms with Crippen molar-refractivity contribution in [1.82, 2.24) is 4.90 Å². The molecule has 0 spiro atoms. The number of amides is 1. The van der Waals surface area contributed by atoms with Crippen molar-refractivity contribution in [3.8, 4) is 0 Å². The molecule has 4 nitrogen and oxygen atoms in total. The molecule has 0 aliphatic carbocycles. The van der Waals surface area contributed by atoms with Gasteiger partial charge < -0.3 is 14.7 Å². The quantitative estimate of drug-likeness (QED) is 0.875. The molecule has 1 heterocycles. The molecule has 0 radical (unpaired) electrons.